The second-order valence-corrected chi connectivity index (χ2v) is 7.82. The molecule has 0 aliphatic rings. The summed E-state index contributed by atoms with van der Waals surface area (Å²) in [6.07, 6.45) is 1.92. The average Bonchev–Trinajstić information content (AvgIpc) is 3.25. The Bertz CT molecular complexity index is 950. The molecule has 24 heavy (non-hydrogen) atoms. The number of thiophene rings is 1. The summed E-state index contributed by atoms with van der Waals surface area (Å²) >= 11 is 1.04. The van der Waals surface area contributed by atoms with Gasteiger partial charge in [-0.25, -0.2) is 12.8 Å². The van der Waals surface area contributed by atoms with Crippen LogP contribution in [0.5, 0.6) is 0 Å². The fraction of sp³-hybridized carbons (Fsp3) is 0.0714. The van der Waals surface area contributed by atoms with E-state index in [-0.39, 0.29) is 14.9 Å². The van der Waals surface area contributed by atoms with Crippen molar-refractivity contribution in [3.8, 4) is 0 Å². The van der Waals surface area contributed by atoms with Crippen LogP contribution in [0.1, 0.15) is 17.5 Å². The lowest BCUT2D eigenvalue weighted by atomic mass is 10.2. The Morgan fingerprint density at radius 1 is 1.29 bits per heavy atom. The second kappa shape index (κ2) is 6.59. The molecule has 2 heterocycles. The first-order valence-electron chi connectivity index (χ1n) is 6.65. The zero-order valence-corrected chi connectivity index (χ0v) is 13.6. The Morgan fingerprint density at radius 3 is 2.71 bits per heavy atom. The number of sulfone groups is 1. The largest absolute Gasteiger partial charge is 0.381 e. The summed E-state index contributed by atoms with van der Waals surface area (Å²) in [7, 11) is -3.70. The molecule has 0 saturated carbocycles. The van der Waals surface area contributed by atoms with E-state index in [9.17, 15) is 17.9 Å². The normalized spacial score (nSPS) is 13.4. The van der Waals surface area contributed by atoms with Gasteiger partial charge in [-0.15, -0.1) is 21.5 Å². The van der Waals surface area contributed by atoms with Crippen LogP contribution < -0.4 is 0 Å². The smallest absolute Gasteiger partial charge is 0.215 e. The van der Waals surface area contributed by atoms with Gasteiger partial charge in [0.1, 0.15) is 16.1 Å². The molecule has 10 heteroatoms. The highest BCUT2D eigenvalue weighted by Crippen LogP contribution is 2.28. The Hall–Kier alpha value is -2.43. The third-order valence-electron chi connectivity index (χ3n) is 3.08. The molecular formula is C14H11FN4O3S2. The Kier molecular flexibility index (Phi) is 4.51. The lowest BCUT2D eigenvalue weighted by Crippen LogP contribution is -1.99. The van der Waals surface area contributed by atoms with Gasteiger partial charge < -0.3 is 5.11 Å². The fourth-order valence-electron chi connectivity index (χ4n) is 1.87. The second-order valence-electron chi connectivity index (χ2n) is 4.73. The lowest BCUT2D eigenvalue weighted by Gasteiger charge is -2.01. The maximum Gasteiger partial charge on any atom is 0.215 e. The van der Waals surface area contributed by atoms with E-state index < -0.39 is 21.8 Å². The molecule has 1 aromatic carbocycles. The van der Waals surface area contributed by atoms with Crippen LogP contribution in [0.2, 0.25) is 0 Å². The number of hydrogen-bond acceptors (Lipinski definition) is 7. The van der Waals surface area contributed by atoms with E-state index in [0.29, 0.717) is 5.56 Å². The van der Waals surface area contributed by atoms with Gasteiger partial charge in [0.2, 0.25) is 15.7 Å². The quantitative estimate of drug-likeness (QED) is 0.668. The Labute approximate surface area is 140 Å². The minimum absolute atomic E-state index is 0.0214. The molecule has 2 N–H and O–H groups in total. The number of tetrazole rings is 1. The molecule has 0 amide bonds. The maximum atomic E-state index is 12.9. The highest BCUT2D eigenvalue weighted by atomic mass is 32.2. The standard InChI is InChI=1S/C14H11FN4O3S2/c15-10-2-4-11(5-3-10)24(21,22)13-7-9(8-23-13)1-6-12(20)14-16-18-19-17-14/h1-8,12,20H,(H,16,17,18,19). The molecule has 0 fully saturated rings. The average molecular weight is 366 g/mol. The molecule has 0 spiro atoms. The first kappa shape index (κ1) is 16.4. The SMILES string of the molecule is O=S(=O)(c1ccc(F)cc1)c1cc(C=CC(O)c2nn[nH]n2)cs1. The molecule has 0 saturated heterocycles. The van der Waals surface area contributed by atoms with E-state index in [0.717, 1.165) is 23.5 Å². The summed E-state index contributed by atoms with van der Waals surface area (Å²) in [4.78, 5) is 0.0214. The van der Waals surface area contributed by atoms with Crippen molar-refractivity contribution in [2.75, 3.05) is 0 Å². The Morgan fingerprint density at radius 2 is 2.04 bits per heavy atom. The van der Waals surface area contributed by atoms with Gasteiger partial charge in [-0.1, -0.05) is 11.3 Å². The number of aromatic amines is 1. The number of halogens is 1. The highest BCUT2D eigenvalue weighted by Gasteiger charge is 2.19. The Balaban J connectivity index is 1.81. The van der Waals surface area contributed by atoms with Crippen LogP contribution in [0.4, 0.5) is 4.39 Å². The zero-order valence-electron chi connectivity index (χ0n) is 12.0. The van der Waals surface area contributed by atoms with Crippen molar-refractivity contribution in [2.45, 2.75) is 15.2 Å². The molecule has 1 unspecified atom stereocenters. The zero-order chi connectivity index (χ0) is 17.2. The molecule has 0 aliphatic carbocycles. The van der Waals surface area contributed by atoms with Crippen molar-refractivity contribution < 1.29 is 17.9 Å². The molecular weight excluding hydrogens is 355 g/mol. The predicted octanol–water partition coefficient (Wildman–Crippen LogP) is 1.98. The minimum Gasteiger partial charge on any atom is -0.381 e. The van der Waals surface area contributed by atoms with E-state index in [4.69, 9.17) is 0 Å². The van der Waals surface area contributed by atoms with Crippen LogP contribution >= 0.6 is 11.3 Å². The van der Waals surface area contributed by atoms with Crippen molar-refractivity contribution in [2.24, 2.45) is 0 Å². The monoisotopic (exact) mass is 366 g/mol. The van der Waals surface area contributed by atoms with E-state index in [1.807, 2.05) is 0 Å². The van der Waals surface area contributed by atoms with Crippen molar-refractivity contribution in [3.05, 3.63) is 59.0 Å². The van der Waals surface area contributed by atoms with Crippen LogP contribution in [0, 0.1) is 5.82 Å². The summed E-state index contributed by atoms with van der Waals surface area (Å²) in [5, 5.41) is 24.3. The van der Waals surface area contributed by atoms with Crippen LogP contribution in [-0.2, 0) is 9.84 Å². The number of H-pyrrole nitrogens is 1. The minimum atomic E-state index is -3.70. The first-order valence-corrected chi connectivity index (χ1v) is 9.02. The number of aliphatic hydroxyl groups is 1. The van der Waals surface area contributed by atoms with Crippen molar-refractivity contribution >= 4 is 27.3 Å². The summed E-state index contributed by atoms with van der Waals surface area (Å²) in [5.41, 5.74) is 0.600. The molecule has 7 nitrogen and oxygen atoms in total. The third-order valence-corrected chi connectivity index (χ3v) is 6.31. The number of aliphatic hydroxyl groups excluding tert-OH is 1. The van der Waals surface area contributed by atoms with Gasteiger partial charge in [0.05, 0.1) is 4.90 Å². The van der Waals surface area contributed by atoms with E-state index in [1.165, 1.54) is 24.3 Å². The van der Waals surface area contributed by atoms with Gasteiger partial charge in [-0.05, 0) is 47.4 Å². The number of hydrogen-bond donors (Lipinski definition) is 2. The summed E-state index contributed by atoms with van der Waals surface area (Å²) in [6.45, 7) is 0. The van der Waals surface area contributed by atoms with E-state index in [1.54, 1.807) is 11.5 Å². The van der Waals surface area contributed by atoms with Gasteiger partial charge in [0.15, 0.2) is 0 Å². The molecule has 1 atom stereocenters. The van der Waals surface area contributed by atoms with Gasteiger partial charge in [-0.3, -0.25) is 0 Å². The van der Waals surface area contributed by atoms with E-state index >= 15 is 0 Å². The predicted molar refractivity (Wildman–Crippen MR) is 84.3 cm³/mol. The molecule has 0 bridgehead atoms. The van der Waals surface area contributed by atoms with Crippen LogP contribution in [0.15, 0.2) is 50.9 Å². The molecule has 124 valence electrons. The number of benzene rings is 1. The van der Waals surface area contributed by atoms with Crippen molar-refractivity contribution in [1.82, 2.24) is 20.6 Å². The molecule has 0 aliphatic heterocycles. The first-order chi connectivity index (χ1) is 11.5. The van der Waals surface area contributed by atoms with Gasteiger partial charge >= 0.3 is 0 Å². The summed E-state index contributed by atoms with van der Waals surface area (Å²) in [6, 6.07) is 6.12. The van der Waals surface area contributed by atoms with Crippen LogP contribution in [-0.4, -0.2) is 34.1 Å². The molecule has 2 aromatic heterocycles. The number of nitrogens with zero attached hydrogens (tertiary/aromatic N) is 3. The third kappa shape index (κ3) is 3.40. The van der Waals surface area contributed by atoms with Crippen LogP contribution in [0.3, 0.4) is 0 Å². The number of nitrogens with one attached hydrogen (secondary N) is 1. The molecule has 0 radical (unpaired) electrons. The molecule has 3 aromatic rings. The summed E-state index contributed by atoms with van der Waals surface area (Å²) < 4.78 is 38.0. The summed E-state index contributed by atoms with van der Waals surface area (Å²) in [5.74, 6) is -0.389. The maximum absolute atomic E-state index is 12.9. The lowest BCUT2D eigenvalue weighted by molar-refractivity contribution is 0.219. The van der Waals surface area contributed by atoms with Crippen molar-refractivity contribution in [3.63, 3.8) is 0 Å². The van der Waals surface area contributed by atoms with Crippen molar-refractivity contribution in [1.29, 1.82) is 0 Å². The topological polar surface area (TPSA) is 109 Å². The van der Waals surface area contributed by atoms with Gasteiger partial charge in [-0.2, -0.15) is 5.21 Å². The van der Waals surface area contributed by atoms with Gasteiger partial charge in [0, 0.05) is 0 Å². The van der Waals surface area contributed by atoms with Gasteiger partial charge in [0.25, 0.3) is 0 Å². The number of rotatable bonds is 5. The van der Waals surface area contributed by atoms with E-state index in [2.05, 4.69) is 20.6 Å². The van der Waals surface area contributed by atoms with Crippen LogP contribution in [0.25, 0.3) is 6.08 Å². The molecule has 3 rings (SSSR count). The fourth-order valence-corrected chi connectivity index (χ4v) is 4.43. The highest BCUT2D eigenvalue weighted by molar-refractivity contribution is 7.93. The number of aromatic nitrogens is 4.